The second kappa shape index (κ2) is 5.61. The fourth-order valence-electron chi connectivity index (χ4n) is 2.20. The normalized spacial score (nSPS) is 13.1. The molecule has 0 saturated heterocycles. The number of amides is 2. The van der Waals surface area contributed by atoms with E-state index < -0.39 is 0 Å². The molecule has 4 nitrogen and oxygen atoms in total. The summed E-state index contributed by atoms with van der Waals surface area (Å²) >= 11 is 1.68. The van der Waals surface area contributed by atoms with Crippen molar-refractivity contribution in [2.24, 2.45) is 0 Å². The molecule has 5 heteroatoms. The number of imide groups is 1. The van der Waals surface area contributed by atoms with Gasteiger partial charge in [-0.3, -0.25) is 14.9 Å². The van der Waals surface area contributed by atoms with Crippen LogP contribution in [0.5, 0.6) is 5.75 Å². The summed E-state index contributed by atoms with van der Waals surface area (Å²) < 4.78 is 0. The first-order chi connectivity index (χ1) is 10.1. The number of nitrogens with one attached hydrogen (secondary N) is 1. The number of carbonyl (C=O) groups excluding carboxylic acids is 2. The summed E-state index contributed by atoms with van der Waals surface area (Å²) in [7, 11) is 0. The van der Waals surface area contributed by atoms with Gasteiger partial charge in [-0.15, -0.1) is 11.8 Å². The predicted octanol–water partition coefficient (Wildman–Crippen LogP) is 2.61. The number of rotatable bonds is 4. The lowest BCUT2D eigenvalue weighted by Gasteiger charge is -2.04. The lowest BCUT2D eigenvalue weighted by Crippen LogP contribution is -2.19. The van der Waals surface area contributed by atoms with Crippen LogP contribution in [-0.4, -0.2) is 22.7 Å². The van der Waals surface area contributed by atoms with Crippen LogP contribution in [-0.2, 0) is 6.42 Å². The van der Waals surface area contributed by atoms with E-state index in [9.17, 15) is 14.7 Å². The first-order valence-electron chi connectivity index (χ1n) is 6.54. The zero-order valence-electron chi connectivity index (χ0n) is 11.1. The molecular formula is C16H13NO3S. The van der Waals surface area contributed by atoms with Crippen molar-refractivity contribution >= 4 is 23.6 Å². The minimum Gasteiger partial charge on any atom is -0.508 e. The molecule has 2 amide bonds. The van der Waals surface area contributed by atoms with Crippen molar-refractivity contribution in [2.75, 3.05) is 5.75 Å². The molecule has 0 unspecified atom stereocenters. The highest BCUT2D eigenvalue weighted by Crippen LogP contribution is 2.23. The Labute approximate surface area is 126 Å². The molecule has 2 aromatic carbocycles. The summed E-state index contributed by atoms with van der Waals surface area (Å²) in [5.41, 5.74) is 1.95. The van der Waals surface area contributed by atoms with E-state index in [2.05, 4.69) is 5.32 Å². The molecule has 0 fully saturated rings. The number of aromatic hydroxyl groups is 1. The molecule has 0 atom stereocenters. The second-order valence-electron chi connectivity index (χ2n) is 4.76. The Kier molecular flexibility index (Phi) is 3.66. The monoisotopic (exact) mass is 299 g/mol. The zero-order valence-corrected chi connectivity index (χ0v) is 11.9. The van der Waals surface area contributed by atoms with Crippen molar-refractivity contribution in [3.63, 3.8) is 0 Å². The van der Waals surface area contributed by atoms with E-state index in [0.29, 0.717) is 11.1 Å². The average Bonchev–Trinajstić information content (AvgIpc) is 2.76. The minimum atomic E-state index is -0.319. The van der Waals surface area contributed by atoms with Gasteiger partial charge in [0.15, 0.2) is 0 Å². The third kappa shape index (κ3) is 2.92. The van der Waals surface area contributed by atoms with Gasteiger partial charge in [-0.2, -0.15) is 0 Å². The molecule has 2 aromatic rings. The van der Waals surface area contributed by atoms with Gasteiger partial charge >= 0.3 is 0 Å². The molecule has 1 heterocycles. The molecule has 21 heavy (non-hydrogen) atoms. The topological polar surface area (TPSA) is 66.4 Å². The Morgan fingerprint density at radius 1 is 0.952 bits per heavy atom. The third-order valence-corrected chi connectivity index (χ3v) is 4.31. The van der Waals surface area contributed by atoms with Crippen molar-refractivity contribution < 1.29 is 14.7 Å². The Morgan fingerprint density at radius 3 is 2.43 bits per heavy atom. The predicted molar refractivity (Wildman–Crippen MR) is 80.8 cm³/mol. The Bertz CT molecular complexity index is 710. The number of benzene rings is 2. The second-order valence-corrected chi connectivity index (χ2v) is 5.92. The lowest BCUT2D eigenvalue weighted by molar-refractivity contribution is 0.0879. The van der Waals surface area contributed by atoms with Gasteiger partial charge in [0.25, 0.3) is 11.8 Å². The molecule has 0 spiro atoms. The molecule has 0 aromatic heterocycles. The summed E-state index contributed by atoms with van der Waals surface area (Å²) in [4.78, 5) is 24.1. The summed E-state index contributed by atoms with van der Waals surface area (Å²) in [5.74, 6) is 0.482. The van der Waals surface area contributed by atoms with Crippen LogP contribution in [0.2, 0.25) is 0 Å². The van der Waals surface area contributed by atoms with Crippen LogP contribution in [0.25, 0.3) is 0 Å². The fourth-order valence-corrected chi connectivity index (χ4v) is 3.10. The number of aryl methyl sites for hydroxylation is 1. The van der Waals surface area contributed by atoms with Crippen LogP contribution in [0.3, 0.4) is 0 Å². The van der Waals surface area contributed by atoms with E-state index in [0.717, 1.165) is 22.6 Å². The van der Waals surface area contributed by atoms with E-state index in [-0.39, 0.29) is 17.6 Å². The molecule has 0 aliphatic carbocycles. The summed E-state index contributed by atoms with van der Waals surface area (Å²) in [6.45, 7) is 0. The Hall–Kier alpha value is -2.27. The highest BCUT2D eigenvalue weighted by Gasteiger charge is 2.26. The van der Waals surface area contributed by atoms with Gasteiger partial charge in [-0.1, -0.05) is 6.07 Å². The fraction of sp³-hybridized carbons (Fsp3) is 0.125. The van der Waals surface area contributed by atoms with Crippen LogP contribution in [0.1, 0.15) is 26.3 Å². The summed E-state index contributed by atoms with van der Waals surface area (Å²) in [6.07, 6.45) is 0.806. The summed E-state index contributed by atoms with van der Waals surface area (Å²) in [5, 5.41) is 11.5. The van der Waals surface area contributed by atoms with E-state index in [1.54, 1.807) is 36.0 Å². The Balaban J connectivity index is 1.64. The molecule has 2 N–H and O–H groups in total. The summed E-state index contributed by atoms with van der Waals surface area (Å²) in [6, 6.07) is 12.4. The van der Waals surface area contributed by atoms with Crippen LogP contribution in [0.15, 0.2) is 47.4 Å². The molecule has 0 saturated carbocycles. The number of hydrogen-bond acceptors (Lipinski definition) is 4. The maximum atomic E-state index is 11.6. The van der Waals surface area contributed by atoms with Crippen LogP contribution in [0.4, 0.5) is 0 Å². The zero-order chi connectivity index (χ0) is 14.8. The maximum Gasteiger partial charge on any atom is 0.258 e. The standard InChI is InChI=1S/C16H13NO3S/c18-11-2-4-12(5-3-11)21-8-7-10-1-6-13-14(9-10)16(20)17-15(13)19/h1-6,9,18H,7-8H2,(H,17,19,20). The number of carbonyl (C=O) groups is 2. The minimum absolute atomic E-state index is 0.258. The highest BCUT2D eigenvalue weighted by molar-refractivity contribution is 7.99. The van der Waals surface area contributed by atoms with Gasteiger partial charge in [0.2, 0.25) is 0 Å². The first-order valence-corrected chi connectivity index (χ1v) is 7.52. The number of fused-ring (bicyclic) bond motifs is 1. The number of phenolic OH excluding ortho intramolecular Hbond substituents is 1. The molecule has 3 rings (SSSR count). The molecule has 1 aliphatic rings. The smallest absolute Gasteiger partial charge is 0.258 e. The SMILES string of the molecule is O=C1NC(=O)c2cc(CCSc3ccc(O)cc3)ccc21. The van der Waals surface area contributed by atoms with Gasteiger partial charge in [0.1, 0.15) is 5.75 Å². The van der Waals surface area contributed by atoms with E-state index in [4.69, 9.17) is 0 Å². The molecule has 1 aliphatic heterocycles. The highest BCUT2D eigenvalue weighted by atomic mass is 32.2. The largest absolute Gasteiger partial charge is 0.508 e. The molecule has 0 radical (unpaired) electrons. The van der Waals surface area contributed by atoms with Gasteiger partial charge in [0, 0.05) is 10.6 Å². The number of hydrogen-bond donors (Lipinski definition) is 2. The Morgan fingerprint density at radius 2 is 1.67 bits per heavy atom. The van der Waals surface area contributed by atoms with Crippen molar-refractivity contribution in [3.05, 3.63) is 59.2 Å². The van der Waals surface area contributed by atoms with E-state index in [1.807, 2.05) is 18.2 Å². The number of phenols is 1. The van der Waals surface area contributed by atoms with Crippen molar-refractivity contribution in [3.8, 4) is 5.75 Å². The number of thioether (sulfide) groups is 1. The average molecular weight is 299 g/mol. The van der Waals surface area contributed by atoms with Crippen LogP contribution in [0, 0.1) is 0 Å². The van der Waals surface area contributed by atoms with Gasteiger partial charge < -0.3 is 5.11 Å². The lowest BCUT2D eigenvalue weighted by atomic mass is 10.0. The van der Waals surface area contributed by atoms with E-state index >= 15 is 0 Å². The van der Waals surface area contributed by atoms with Crippen LogP contribution >= 0.6 is 11.8 Å². The van der Waals surface area contributed by atoms with E-state index in [1.165, 1.54) is 0 Å². The first kappa shape index (κ1) is 13.7. The van der Waals surface area contributed by atoms with Crippen molar-refractivity contribution in [2.45, 2.75) is 11.3 Å². The molecular weight excluding hydrogens is 286 g/mol. The van der Waals surface area contributed by atoms with Gasteiger partial charge in [-0.25, -0.2) is 0 Å². The molecule has 106 valence electrons. The van der Waals surface area contributed by atoms with Gasteiger partial charge in [0.05, 0.1) is 11.1 Å². The molecule has 0 bridgehead atoms. The van der Waals surface area contributed by atoms with Gasteiger partial charge in [-0.05, 0) is 48.4 Å². The quantitative estimate of drug-likeness (QED) is 0.673. The van der Waals surface area contributed by atoms with Crippen molar-refractivity contribution in [1.82, 2.24) is 5.32 Å². The van der Waals surface area contributed by atoms with Crippen LogP contribution < -0.4 is 5.32 Å². The maximum absolute atomic E-state index is 11.6. The van der Waals surface area contributed by atoms with Crippen molar-refractivity contribution in [1.29, 1.82) is 0 Å². The third-order valence-electron chi connectivity index (χ3n) is 3.30.